The zero-order valence-electron chi connectivity index (χ0n) is 5.68. The molecule has 0 spiro atoms. The van der Waals surface area contributed by atoms with Gasteiger partial charge in [-0.1, -0.05) is 52.1 Å². The molecule has 0 fully saturated rings. The highest BCUT2D eigenvalue weighted by molar-refractivity contribution is 9.08. The predicted octanol–water partition coefficient (Wildman–Crippen LogP) is 2.25. The number of rotatable bonds is 2. The van der Waals surface area contributed by atoms with Crippen LogP contribution in [0.25, 0.3) is 0 Å². The molecule has 0 nitrogen and oxygen atoms in total. The van der Waals surface area contributed by atoms with Crippen molar-refractivity contribution in [2.24, 2.45) is 0 Å². The predicted molar refractivity (Wildman–Crippen MR) is 48.5 cm³/mol. The lowest BCUT2D eigenvalue weighted by molar-refractivity contribution is 1.28. The first kappa shape index (κ1) is 7.87. The molecule has 0 amide bonds. The van der Waals surface area contributed by atoms with Crippen molar-refractivity contribution < 1.29 is 0 Å². The van der Waals surface area contributed by atoms with Crippen molar-refractivity contribution in [2.75, 3.05) is 0 Å². The average molecular weight is 195 g/mol. The standard InChI is InChI=1S/C8H8BBr/c9-5-7-3-1-2-4-8(7)6-10/h1-4H,5-6H2. The van der Waals surface area contributed by atoms with Crippen LogP contribution in [-0.4, -0.2) is 7.85 Å². The highest BCUT2D eigenvalue weighted by atomic mass is 79.9. The van der Waals surface area contributed by atoms with Gasteiger partial charge in [0.15, 0.2) is 0 Å². The van der Waals surface area contributed by atoms with Crippen LogP contribution in [0.5, 0.6) is 0 Å². The Labute approximate surface area is 71.2 Å². The van der Waals surface area contributed by atoms with Gasteiger partial charge in [0.25, 0.3) is 0 Å². The van der Waals surface area contributed by atoms with Crippen molar-refractivity contribution in [1.82, 2.24) is 0 Å². The van der Waals surface area contributed by atoms with Crippen LogP contribution in [0.15, 0.2) is 24.3 Å². The zero-order chi connectivity index (χ0) is 7.40. The van der Waals surface area contributed by atoms with Crippen LogP contribution in [0.1, 0.15) is 11.1 Å². The van der Waals surface area contributed by atoms with Crippen LogP contribution < -0.4 is 0 Å². The molecule has 0 unspecified atom stereocenters. The van der Waals surface area contributed by atoms with Crippen molar-refractivity contribution >= 4 is 23.8 Å². The lowest BCUT2D eigenvalue weighted by Gasteiger charge is -2.01. The van der Waals surface area contributed by atoms with E-state index in [1.807, 2.05) is 12.1 Å². The molecule has 50 valence electrons. The number of benzene rings is 1. The van der Waals surface area contributed by atoms with E-state index >= 15 is 0 Å². The summed E-state index contributed by atoms with van der Waals surface area (Å²) in [5.41, 5.74) is 2.50. The van der Waals surface area contributed by atoms with Crippen LogP contribution in [0.3, 0.4) is 0 Å². The Kier molecular flexibility index (Phi) is 3.00. The molecule has 2 radical (unpaired) electrons. The third-order valence-corrected chi connectivity index (χ3v) is 2.09. The second kappa shape index (κ2) is 3.82. The summed E-state index contributed by atoms with van der Waals surface area (Å²) in [6, 6.07) is 8.16. The van der Waals surface area contributed by atoms with Gasteiger partial charge in [-0.05, 0) is 5.56 Å². The van der Waals surface area contributed by atoms with E-state index in [1.54, 1.807) is 0 Å². The Morgan fingerprint density at radius 1 is 1.20 bits per heavy atom. The van der Waals surface area contributed by atoms with Gasteiger partial charge < -0.3 is 0 Å². The second-order valence-corrected chi connectivity index (χ2v) is 2.67. The van der Waals surface area contributed by atoms with Gasteiger partial charge in [0.1, 0.15) is 0 Å². The summed E-state index contributed by atoms with van der Waals surface area (Å²) >= 11 is 3.39. The maximum absolute atomic E-state index is 5.51. The molecular formula is C8H8BBr. The van der Waals surface area contributed by atoms with E-state index in [-0.39, 0.29) is 0 Å². The maximum Gasteiger partial charge on any atom is 0.0716 e. The van der Waals surface area contributed by atoms with Gasteiger partial charge in [0.05, 0.1) is 7.85 Å². The molecule has 0 aliphatic heterocycles. The van der Waals surface area contributed by atoms with Gasteiger partial charge >= 0.3 is 0 Å². The first-order chi connectivity index (χ1) is 4.88. The summed E-state index contributed by atoms with van der Waals surface area (Å²) in [7, 11) is 5.51. The van der Waals surface area contributed by atoms with E-state index in [0.29, 0.717) is 6.32 Å². The quantitative estimate of drug-likeness (QED) is 0.501. The lowest BCUT2D eigenvalue weighted by atomic mass is 9.94. The molecule has 0 atom stereocenters. The lowest BCUT2D eigenvalue weighted by Crippen LogP contribution is -1.89. The smallest absolute Gasteiger partial charge is 0.0716 e. The Balaban J connectivity index is 2.96. The normalized spacial score (nSPS) is 9.70. The molecule has 0 aliphatic rings. The van der Waals surface area contributed by atoms with Crippen molar-refractivity contribution in [3.63, 3.8) is 0 Å². The van der Waals surface area contributed by atoms with E-state index < -0.39 is 0 Å². The Morgan fingerprint density at radius 3 is 2.20 bits per heavy atom. The first-order valence-electron chi connectivity index (χ1n) is 3.21. The highest BCUT2D eigenvalue weighted by Gasteiger charge is 1.94. The molecule has 0 bridgehead atoms. The summed E-state index contributed by atoms with van der Waals surface area (Å²) in [4.78, 5) is 0. The molecule has 10 heavy (non-hydrogen) atoms. The molecule has 1 aromatic carbocycles. The number of hydrogen-bond donors (Lipinski definition) is 0. The van der Waals surface area contributed by atoms with Crippen molar-refractivity contribution in [2.45, 2.75) is 11.7 Å². The monoisotopic (exact) mass is 194 g/mol. The Hall–Kier alpha value is -0.235. The fourth-order valence-corrected chi connectivity index (χ4v) is 1.43. The summed E-state index contributed by atoms with van der Waals surface area (Å²) < 4.78 is 0. The first-order valence-corrected chi connectivity index (χ1v) is 4.33. The van der Waals surface area contributed by atoms with Crippen LogP contribution in [0.2, 0.25) is 0 Å². The molecular weight excluding hydrogens is 187 g/mol. The maximum atomic E-state index is 5.51. The van der Waals surface area contributed by atoms with Gasteiger partial charge in [0.2, 0.25) is 0 Å². The average Bonchev–Trinajstić information content (AvgIpc) is 2.04. The largest absolute Gasteiger partial charge is 0.0876 e. The molecule has 2 heteroatoms. The molecule has 0 N–H and O–H groups in total. The Bertz CT molecular complexity index is 187. The van der Waals surface area contributed by atoms with E-state index in [2.05, 4.69) is 28.1 Å². The summed E-state index contributed by atoms with van der Waals surface area (Å²) in [5.74, 6) is 0. The minimum Gasteiger partial charge on any atom is -0.0876 e. The second-order valence-electron chi connectivity index (χ2n) is 2.11. The number of halogens is 1. The minimum absolute atomic E-state index is 0.627. The third kappa shape index (κ3) is 1.63. The molecule has 1 aromatic rings. The topological polar surface area (TPSA) is 0 Å². The van der Waals surface area contributed by atoms with E-state index in [4.69, 9.17) is 7.85 Å². The van der Waals surface area contributed by atoms with Crippen LogP contribution >= 0.6 is 15.9 Å². The van der Waals surface area contributed by atoms with Gasteiger partial charge in [-0.25, -0.2) is 0 Å². The summed E-state index contributed by atoms with van der Waals surface area (Å²) in [5, 5.41) is 0.889. The summed E-state index contributed by atoms with van der Waals surface area (Å²) in [6.07, 6.45) is 0.627. The van der Waals surface area contributed by atoms with Crippen LogP contribution in [0.4, 0.5) is 0 Å². The van der Waals surface area contributed by atoms with Crippen LogP contribution in [-0.2, 0) is 11.7 Å². The molecule has 0 saturated heterocycles. The number of hydrogen-bond acceptors (Lipinski definition) is 0. The fraction of sp³-hybridized carbons (Fsp3) is 0.250. The van der Waals surface area contributed by atoms with E-state index in [0.717, 1.165) is 5.33 Å². The summed E-state index contributed by atoms with van der Waals surface area (Å²) in [6.45, 7) is 0. The molecule has 0 heterocycles. The van der Waals surface area contributed by atoms with Crippen molar-refractivity contribution in [1.29, 1.82) is 0 Å². The minimum atomic E-state index is 0.627. The van der Waals surface area contributed by atoms with Crippen molar-refractivity contribution in [3.05, 3.63) is 35.4 Å². The van der Waals surface area contributed by atoms with Gasteiger partial charge in [-0.2, -0.15) is 0 Å². The van der Waals surface area contributed by atoms with Gasteiger partial charge in [-0.15, -0.1) is 0 Å². The molecule has 0 aromatic heterocycles. The molecule has 0 aliphatic carbocycles. The third-order valence-electron chi connectivity index (χ3n) is 1.48. The van der Waals surface area contributed by atoms with Crippen LogP contribution in [0, 0.1) is 0 Å². The van der Waals surface area contributed by atoms with E-state index in [9.17, 15) is 0 Å². The highest BCUT2D eigenvalue weighted by Crippen LogP contribution is 2.11. The molecule has 1 rings (SSSR count). The zero-order valence-corrected chi connectivity index (χ0v) is 7.26. The molecule has 0 saturated carbocycles. The van der Waals surface area contributed by atoms with Gasteiger partial charge in [-0.3, -0.25) is 0 Å². The number of alkyl halides is 1. The van der Waals surface area contributed by atoms with E-state index in [1.165, 1.54) is 11.1 Å². The SMILES string of the molecule is [B]Cc1ccccc1CBr. The fourth-order valence-electron chi connectivity index (χ4n) is 0.887. The van der Waals surface area contributed by atoms with Crippen molar-refractivity contribution in [3.8, 4) is 0 Å². The van der Waals surface area contributed by atoms with Gasteiger partial charge in [0, 0.05) is 5.33 Å². The Morgan fingerprint density at radius 2 is 1.80 bits per heavy atom.